The van der Waals surface area contributed by atoms with Crippen molar-refractivity contribution in [2.24, 2.45) is 0 Å². The van der Waals surface area contributed by atoms with Gasteiger partial charge in [-0.3, -0.25) is 0 Å². The van der Waals surface area contributed by atoms with Crippen molar-refractivity contribution >= 4 is 16.6 Å². The fourth-order valence-corrected chi connectivity index (χ4v) is 1.64. The second kappa shape index (κ2) is 3.66. The van der Waals surface area contributed by atoms with Crippen LogP contribution in [0, 0.1) is 11.3 Å². The quantitative estimate of drug-likeness (QED) is 0.776. The summed E-state index contributed by atoms with van der Waals surface area (Å²) in [6.07, 6.45) is -3.27. The number of nitriles is 1. The first-order valence-corrected chi connectivity index (χ1v) is 4.63. The Labute approximate surface area is 94.0 Å². The van der Waals surface area contributed by atoms with Gasteiger partial charge in [0.05, 0.1) is 23.3 Å². The summed E-state index contributed by atoms with van der Waals surface area (Å²) < 4.78 is 39.3. The Balaban J connectivity index is 2.81. The van der Waals surface area contributed by atoms with E-state index in [1.165, 1.54) is 12.3 Å². The molecule has 0 atom stereocenters. The maximum atomic E-state index is 12.8. The zero-order valence-electron chi connectivity index (χ0n) is 8.49. The Morgan fingerprint density at radius 3 is 2.71 bits per heavy atom. The van der Waals surface area contributed by atoms with Crippen LogP contribution in [-0.4, -0.2) is 9.78 Å². The van der Waals surface area contributed by atoms with Crippen molar-refractivity contribution in [1.29, 1.82) is 5.26 Å². The van der Waals surface area contributed by atoms with Crippen LogP contribution in [0.4, 0.5) is 18.9 Å². The van der Waals surface area contributed by atoms with Crippen molar-refractivity contribution in [2.75, 3.05) is 5.73 Å². The highest BCUT2D eigenvalue weighted by Crippen LogP contribution is 2.36. The van der Waals surface area contributed by atoms with Crippen molar-refractivity contribution in [1.82, 2.24) is 9.78 Å². The highest BCUT2D eigenvalue weighted by molar-refractivity contribution is 5.92. The molecular formula is C10H7F3N4. The molecular weight excluding hydrogens is 233 g/mol. The number of benzene rings is 1. The molecule has 2 rings (SSSR count). The van der Waals surface area contributed by atoms with E-state index in [9.17, 15) is 13.2 Å². The summed E-state index contributed by atoms with van der Waals surface area (Å²) in [5, 5.41) is 12.5. The fourth-order valence-electron chi connectivity index (χ4n) is 1.64. The van der Waals surface area contributed by atoms with Gasteiger partial charge in [-0.25, -0.2) is 4.68 Å². The minimum atomic E-state index is -4.50. The summed E-state index contributed by atoms with van der Waals surface area (Å²) in [5.41, 5.74) is 4.79. The predicted molar refractivity (Wildman–Crippen MR) is 54.8 cm³/mol. The fraction of sp³-hybridized carbons (Fsp3) is 0.200. The Hall–Kier alpha value is -2.23. The van der Waals surface area contributed by atoms with Gasteiger partial charge < -0.3 is 5.73 Å². The van der Waals surface area contributed by atoms with Crippen LogP contribution >= 0.6 is 0 Å². The molecule has 0 amide bonds. The first-order chi connectivity index (χ1) is 7.95. The lowest BCUT2D eigenvalue weighted by atomic mass is 10.1. The molecule has 0 saturated heterocycles. The monoisotopic (exact) mass is 240 g/mol. The highest BCUT2D eigenvalue weighted by Gasteiger charge is 2.34. The average molecular weight is 240 g/mol. The maximum Gasteiger partial charge on any atom is 0.418 e. The van der Waals surface area contributed by atoms with Gasteiger partial charge in [0, 0.05) is 11.1 Å². The molecule has 17 heavy (non-hydrogen) atoms. The lowest BCUT2D eigenvalue weighted by Crippen LogP contribution is -2.09. The number of hydrogen-bond donors (Lipinski definition) is 1. The first kappa shape index (κ1) is 11.3. The Kier molecular flexibility index (Phi) is 2.42. The zero-order chi connectivity index (χ0) is 12.6. The van der Waals surface area contributed by atoms with Crippen molar-refractivity contribution in [3.8, 4) is 6.07 Å². The van der Waals surface area contributed by atoms with E-state index >= 15 is 0 Å². The summed E-state index contributed by atoms with van der Waals surface area (Å²) in [5.74, 6) is 0. The van der Waals surface area contributed by atoms with Crippen LogP contribution in [0.25, 0.3) is 10.9 Å². The van der Waals surface area contributed by atoms with Gasteiger partial charge in [0.1, 0.15) is 6.54 Å². The second-order valence-corrected chi connectivity index (χ2v) is 3.42. The third kappa shape index (κ3) is 1.78. The van der Waals surface area contributed by atoms with Crippen molar-refractivity contribution in [3.63, 3.8) is 0 Å². The molecule has 7 heteroatoms. The summed E-state index contributed by atoms with van der Waals surface area (Å²) in [6, 6.07) is 3.83. The minimum Gasteiger partial charge on any atom is -0.398 e. The average Bonchev–Trinajstić information content (AvgIpc) is 2.62. The predicted octanol–water partition coefficient (Wildman–Crippen LogP) is 2.16. The molecule has 0 aliphatic rings. The Bertz CT molecular complexity index is 606. The van der Waals surface area contributed by atoms with Crippen LogP contribution in [0.1, 0.15) is 5.56 Å². The van der Waals surface area contributed by atoms with Crippen LogP contribution in [0.5, 0.6) is 0 Å². The van der Waals surface area contributed by atoms with E-state index in [2.05, 4.69) is 5.10 Å². The van der Waals surface area contributed by atoms with Gasteiger partial charge in [-0.1, -0.05) is 0 Å². The van der Waals surface area contributed by atoms with E-state index in [0.717, 1.165) is 10.7 Å². The Morgan fingerprint density at radius 1 is 1.41 bits per heavy atom. The van der Waals surface area contributed by atoms with E-state index < -0.39 is 11.7 Å². The van der Waals surface area contributed by atoms with Gasteiger partial charge >= 0.3 is 6.18 Å². The number of rotatable bonds is 1. The number of nitrogen functional groups attached to an aromatic ring is 1. The maximum absolute atomic E-state index is 12.8. The number of aromatic nitrogens is 2. The lowest BCUT2D eigenvalue weighted by Gasteiger charge is -2.10. The highest BCUT2D eigenvalue weighted by atomic mass is 19.4. The summed E-state index contributed by atoms with van der Waals surface area (Å²) in [7, 11) is 0. The SMILES string of the molecule is N#CCn1ncc2c(N)ccc(C(F)(F)F)c21. The number of halogens is 3. The summed E-state index contributed by atoms with van der Waals surface area (Å²) in [6.45, 7) is -0.254. The summed E-state index contributed by atoms with van der Waals surface area (Å²) >= 11 is 0. The molecule has 88 valence electrons. The Morgan fingerprint density at radius 2 is 2.12 bits per heavy atom. The van der Waals surface area contributed by atoms with Gasteiger partial charge in [-0.05, 0) is 12.1 Å². The van der Waals surface area contributed by atoms with Crippen LogP contribution in [0.15, 0.2) is 18.3 Å². The van der Waals surface area contributed by atoms with Gasteiger partial charge in [0.25, 0.3) is 0 Å². The molecule has 1 heterocycles. The van der Waals surface area contributed by atoms with Crippen LogP contribution < -0.4 is 5.73 Å². The molecule has 1 aromatic heterocycles. The second-order valence-electron chi connectivity index (χ2n) is 3.42. The van der Waals surface area contributed by atoms with Gasteiger partial charge in [-0.2, -0.15) is 23.5 Å². The normalized spacial score (nSPS) is 11.6. The van der Waals surface area contributed by atoms with E-state index in [-0.39, 0.29) is 23.1 Å². The van der Waals surface area contributed by atoms with Crippen LogP contribution in [-0.2, 0) is 12.7 Å². The van der Waals surface area contributed by atoms with E-state index in [4.69, 9.17) is 11.0 Å². The summed E-state index contributed by atoms with van der Waals surface area (Å²) in [4.78, 5) is 0. The number of fused-ring (bicyclic) bond motifs is 1. The van der Waals surface area contributed by atoms with Gasteiger partial charge in [0.2, 0.25) is 0 Å². The molecule has 4 nitrogen and oxygen atoms in total. The molecule has 2 aromatic rings. The zero-order valence-corrected chi connectivity index (χ0v) is 8.49. The molecule has 0 aliphatic heterocycles. The van der Waals surface area contributed by atoms with Crippen LogP contribution in [0.2, 0.25) is 0 Å². The van der Waals surface area contributed by atoms with Gasteiger partial charge in [-0.15, -0.1) is 0 Å². The number of alkyl halides is 3. The van der Waals surface area contributed by atoms with Gasteiger partial charge in [0.15, 0.2) is 0 Å². The molecule has 0 radical (unpaired) electrons. The minimum absolute atomic E-state index is 0.154. The number of anilines is 1. The van der Waals surface area contributed by atoms with E-state index in [0.29, 0.717) is 0 Å². The van der Waals surface area contributed by atoms with Crippen LogP contribution in [0.3, 0.4) is 0 Å². The molecule has 0 bridgehead atoms. The van der Waals surface area contributed by atoms with Crippen molar-refractivity contribution in [3.05, 3.63) is 23.9 Å². The smallest absolute Gasteiger partial charge is 0.398 e. The third-order valence-corrected chi connectivity index (χ3v) is 2.36. The van der Waals surface area contributed by atoms with E-state index in [1.807, 2.05) is 0 Å². The molecule has 0 unspecified atom stereocenters. The molecule has 0 spiro atoms. The largest absolute Gasteiger partial charge is 0.418 e. The van der Waals surface area contributed by atoms with Crippen molar-refractivity contribution < 1.29 is 13.2 Å². The lowest BCUT2D eigenvalue weighted by molar-refractivity contribution is -0.136. The van der Waals surface area contributed by atoms with E-state index in [1.54, 1.807) is 6.07 Å². The molecule has 0 aliphatic carbocycles. The number of nitrogens with two attached hydrogens (primary N) is 1. The third-order valence-electron chi connectivity index (χ3n) is 2.36. The molecule has 2 N–H and O–H groups in total. The molecule has 1 aromatic carbocycles. The topological polar surface area (TPSA) is 67.6 Å². The van der Waals surface area contributed by atoms with Crippen molar-refractivity contribution in [2.45, 2.75) is 12.7 Å². The standard InChI is InChI=1S/C10H7F3N4/c11-10(12,13)7-1-2-8(15)6-5-16-17(4-3-14)9(6)7/h1-2,5H,4,15H2. The number of nitrogens with zero attached hydrogens (tertiary/aromatic N) is 3. The molecule has 0 saturated carbocycles. The first-order valence-electron chi connectivity index (χ1n) is 4.63. The molecule has 0 fully saturated rings. The number of hydrogen-bond acceptors (Lipinski definition) is 3.